The lowest BCUT2D eigenvalue weighted by molar-refractivity contribution is -0.130. The molecule has 0 spiro atoms. The molecule has 1 aliphatic rings. The van der Waals surface area contributed by atoms with E-state index in [9.17, 15) is 9.59 Å². The van der Waals surface area contributed by atoms with Gasteiger partial charge in [0.1, 0.15) is 11.3 Å². The van der Waals surface area contributed by atoms with Crippen molar-refractivity contribution in [1.82, 2.24) is 24.3 Å². The summed E-state index contributed by atoms with van der Waals surface area (Å²) in [4.78, 5) is 37.6. The summed E-state index contributed by atoms with van der Waals surface area (Å²) in [7, 11) is 0. The highest BCUT2D eigenvalue weighted by Gasteiger charge is 2.21. The number of halogens is 1. The van der Waals surface area contributed by atoms with Gasteiger partial charge in [-0.15, -0.1) is 0 Å². The summed E-state index contributed by atoms with van der Waals surface area (Å²) in [6.45, 7) is 6.76. The quantitative estimate of drug-likeness (QED) is 0.585. The first kappa shape index (κ1) is 22.3. The summed E-state index contributed by atoms with van der Waals surface area (Å²) in [6, 6.07) is 5.53. The summed E-state index contributed by atoms with van der Waals surface area (Å²) in [5.74, 6) is 1.25. The minimum atomic E-state index is -0.0157. The van der Waals surface area contributed by atoms with Crippen LogP contribution in [0.1, 0.15) is 45.4 Å². The van der Waals surface area contributed by atoms with Crippen molar-refractivity contribution in [2.45, 2.75) is 52.6 Å². The topological polar surface area (TPSA) is 97.3 Å². The van der Waals surface area contributed by atoms with Gasteiger partial charge in [0.25, 0.3) is 0 Å². The van der Waals surface area contributed by atoms with Crippen LogP contribution in [0.25, 0.3) is 21.9 Å². The Morgan fingerprint density at radius 1 is 1.22 bits per heavy atom. The summed E-state index contributed by atoms with van der Waals surface area (Å²) in [5, 5.41) is 1.48. The molecule has 2 N–H and O–H groups in total. The van der Waals surface area contributed by atoms with E-state index in [4.69, 9.17) is 22.3 Å². The van der Waals surface area contributed by atoms with Gasteiger partial charge in [0.2, 0.25) is 11.8 Å². The SMILES string of the molecule is CCN(Cc1nc2c(N)nc3cc(Cl)ccc3c2n1CCCC(=O)N1CCCC1)C(C)=O. The summed E-state index contributed by atoms with van der Waals surface area (Å²) in [5.41, 5.74) is 8.44. The van der Waals surface area contributed by atoms with Gasteiger partial charge in [-0.1, -0.05) is 11.6 Å². The van der Waals surface area contributed by atoms with E-state index in [0.29, 0.717) is 54.3 Å². The Labute approximate surface area is 192 Å². The molecular formula is C23H29ClN6O2. The molecule has 1 aromatic carbocycles. The molecule has 3 aromatic rings. The lowest BCUT2D eigenvalue weighted by Gasteiger charge is -2.20. The van der Waals surface area contributed by atoms with Crippen molar-refractivity contribution in [2.24, 2.45) is 0 Å². The van der Waals surface area contributed by atoms with E-state index in [-0.39, 0.29) is 11.8 Å². The second-order valence-corrected chi connectivity index (χ2v) is 8.70. The Kier molecular flexibility index (Phi) is 6.50. The molecule has 8 nitrogen and oxygen atoms in total. The minimum Gasteiger partial charge on any atom is -0.382 e. The molecule has 3 heterocycles. The molecule has 0 unspecified atom stereocenters. The highest BCUT2D eigenvalue weighted by Crippen LogP contribution is 2.31. The molecule has 0 atom stereocenters. The van der Waals surface area contributed by atoms with E-state index in [1.54, 1.807) is 17.9 Å². The van der Waals surface area contributed by atoms with Gasteiger partial charge in [-0.25, -0.2) is 9.97 Å². The van der Waals surface area contributed by atoms with E-state index in [0.717, 1.165) is 42.7 Å². The average Bonchev–Trinajstić information content (AvgIpc) is 3.41. The van der Waals surface area contributed by atoms with Gasteiger partial charge >= 0.3 is 0 Å². The monoisotopic (exact) mass is 456 g/mol. The highest BCUT2D eigenvalue weighted by atomic mass is 35.5. The van der Waals surface area contributed by atoms with Crippen molar-refractivity contribution in [1.29, 1.82) is 0 Å². The lowest BCUT2D eigenvalue weighted by atomic mass is 10.1. The first-order chi connectivity index (χ1) is 15.4. The second-order valence-electron chi connectivity index (χ2n) is 8.26. The normalized spacial score (nSPS) is 13.9. The van der Waals surface area contributed by atoms with Crippen LogP contribution in [0.5, 0.6) is 0 Å². The van der Waals surface area contributed by atoms with Gasteiger partial charge in [0, 0.05) is 49.9 Å². The number of nitrogen functional groups attached to an aromatic ring is 1. The summed E-state index contributed by atoms with van der Waals surface area (Å²) < 4.78 is 2.09. The first-order valence-electron chi connectivity index (χ1n) is 11.2. The van der Waals surface area contributed by atoms with E-state index in [2.05, 4.69) is 9.55 Å². The fourth-order valence-electron chi connectivity index (χ4n) is 4.42. The third kappa shape index (κ3) is 4.37. The molecule has 4 rings (SSSR count). The van der Waals surface area contributed by atoms with Gasteiger partial charge in [0.05, 0.1) is 17.6 Å². The third-order valence-electron chi connectivity index (χ3n) is 6.14. The maximum atomic E-state index is 12.5. The molecule has 0 radical (unpaired) electrons. The number of benzene rings is 1. The summed E-state index contributed by atoms with van der Waals surface area (Å²) >= 11 is 6.18. The van der Waals surface area contributed by atoms with Crippen molar-refractivity contribution in [2.75, 3.05) is 25.4 Å². The number of aromatic nitrogens is 3. The zero-order chi connectivity index (χ0) is 22.8. The number of hydrogen-bond acceptors (Lipinski definition) is 5. The smallest absolute Gasteiger partial charge is 0.222 e. The predicted octanol–water partition coefficient (Wildman–Crippen LogP) is 3.59. The van der Waals surface area contributed by atoms with Crippen LogP contribution in [0, 0.1) is 0 Å². The molecule has 1 saturated heterocycles. The number of anilines is 1. The minimum absolute atomic E-state index is 0.0157. The molecule has 0 saturated carbocycles. The molecule has 32 heavy (non-hydrogen) atoms. The second kappa shape index (κ2) is 9.32. The number of nitrogens with two attached hydrogens (primary N) is 1. The molecule has 1 fully saturated rings. The van der Waals surface area contributed by atoms with Crippen molar-refractivity contribution in [3.8, 4) is 0 Å². The molecule has 9 heteroatoms. The van der Waals surface area contributed by atoms with E-state index < -0.39 is 0 Å². The largest absolute Gasteiger partial charge is 0.382 e. The molecule has 0 aliphatic carbocycles. The summed E-state index contributed by atoms with van der Waals surface area (Å²) in [6.07, 6.45) is 3.33. The highest BCUT2D eigenvalue weighted by molar-refractivity contribution is 6.31. The number of aryl methyl sites for hydroxylation is 1. The van der Waals surface area contributed by atoms with Crippen LogP contribution in [-0.2, 0) is 22.7 Å². The Bertz CT molecular complexity index is 1170. The van der Waals surface area contributed by atoms with Gasteiger partial charge < -0.3 is 20.1 Å². The number of imidazole rings is 1. The fraction of sp³-hybridized carbons (Fsp3) is 0.478. The molecule has 2 amide bonds. The number of amides is 2. The Morgan fingerprint density at radius 2 is 1.97 bits per heavy atom. The van der Waals surface area contributed by atoms with Crippen LogP contribution in [0.4, 0.5) is 5.82 Å². The Morgan fingerprint density at radius 3 is 2.66 bits per heavy atom. The van der Waals surface area contributed by atoms with Crippen molar-refractivity contribution >= 4 is 51.2 Å². The lowest BCUT2D eigenvalue weighted by Crippen LogP contribution is -2.29. The van der Waals surface area contributed by atoms with Gasteiger partial charge in [-0.3, -0.25) is 9.59 Å². The number of hydrogen-bond donors (Lipinski definition) is 1. The van der Waals surface area contributed by atoms with E-state index in [1.807, 2.05) is 24.0 Å². The zero-order valence-corrected chi connectivity index (χ0v) is 19.4. The van der Waals surface area contributed by atoms with Gasteiger partial charge in [-0.2, -0.15) is 0 Å². The van der Waals surface area contributed by atoms with Crippen LogP contribution in [0.2, 0.25) is 5.02 Å². The number of likely N-dealkylation sites (tertiary alicyclic amines) is 1. The van der Waals surface area contributed by atoms with E-state index in [1.165, 1.54) is 0 Å². The van der Waals surface area contributed by atoms with Crippen LogP contribution in [-0.4, -0.2) is 55.8 Å². The van der Waals surface area contributed by atoms with Gasteiger partial charge in [0.15, 0.2) is 5.82 Å². The average molecular weight is 457 g/mol. The number of rotatable bonds is 7. The van der Waals surface area contributed by atoms with Crippen LogP contribution < -0.4 is 5.73 Å². The third-order valence-corrected chi connectivity index (χ3v) is 6.37. The van der Waals surface area contributed by atoms with Crippen LogP contribution in [0.15, 0.2) is 18.2 Å². The zero-order valence-electron chi connectivity index (χ0n) is 18.6. The molecule has 1 aliphatic heterocycles. The van der Waals surface area contributed by atoms with Crippen molar-refractivity contribution < 1.29 is 9.59 Å². The number of carbonyl (C=O) groups excluding carboxylic acids is 2. The number of pyridine rings is 1. The van der Waals surface area contributed by atoms with Crippen molar-refractivity contribution in [3.05, 3.63) is 29.0 Å². The maximum Gasteiger partial charge on any atom is 0.222 e. The number of carbonyl (C=O) groups is 2. The Hall–Kier alpha value is -2.87. The standard InChI is InChI=1S/C23H29ClN6O2/c1-3-28(15(2)31)14-19-27-21-22(17-9-8-16(24)13-18(17)26-23(21)25)30(19)12-6-7-20(32)29-10-4-5-11-29/h8-9,13H,3-7,10-12,14H2,1-2H3,(H2,25,26). The number of fused-ring (bicyclic) bond motifs is 3. The van der Waals surface area contributed by atoms with Crippen molar-refractivity contribution in [3.63, 3.8) is 0 Å². The Balaban J connectivity index is 1.73. The van der Waals surface area contributed by atoms with E-state index >= 15 is 0 Å². The maximum absolute atomic E-state index is 12.5. The number of nitrogens with zero attached hydrogens (tertiary/aromatic N) is 5. The molecule has 170 valence electrons. The van der Waals surface area contributed by atoms with Crippen LogP contribution >= 0.6 is 11.6 Å². The molecular weight excluding hydrogens is 428 g/mol. The predicted molar refractivity (Wildman–Crippen MR) is 126 cm³/mol. The van der Waals surface area contributed by atoms with Gasteiger partial charge in [-0.05, 0) is 44.4 Å². The molecule has 0 bridgehead atoms. The molecule has 2 aromatic heterocycles. The fourth-order valence-corrected chi connectivity index (χ4v) is 4.59. The van der Waals surface area contributed by atoms with Crippen LogP contribution in [0.3, 0.4) is 0 Å². The first-order valence-corrected chi connectivity index (χ1v) is 11.5.